The molecule has 108 valence electrons. The summed E-state index contributed by atoms with van der Waals surface area (Å²) in [5.74, 6) is 0.882. The van der Waals surface area contributed by atoms with Gasteiger partial charge in [0, 0.05) is 12.6 Å². The van der Waals surface area contributed by atoms with E-state index in [2.05, 4.69) is 71.4 Å². The van der Waals surface area contributed by atoms with Crippen LogP contribution >= 0.6 is 15.9 Å². The second kappa shape index (κ2) is 5.34. The molecule has 20 heavy (non-hydrogen) atoms. The number of imidazole rings is 1. The molecule has 0 amide bonds. The molecule has 2 aromatic rings. The van der Waals surface area contributed by atoms with Crippen LogP contribution in [0.3, 0.4) is 0 Å². The van der Waals surface area contributed by atoms with E-state index in [4.69, 9.17) is 5.73 Å². The Morgan fingerprint density at radius 1 is 1.30 bits per heavy atom. The Labute approximate surface area is 129 Å². The Morgan fingerprint density at radius 3 is 2.45 bits per heavy atom. The van der Waals surface area contributed by atoms with Gasteiger partial charge in [-0.3, -0.25) is 0 Å². The highest BCUT2D eigenvalue weighted by Gasteiger charge is 2.19. The quantitative estimate of drug-likeness (QED) is 0.903. The van der Waals surface area contributed by atoms with Gasteiger partial charge < -0.3 is 10.3 Å². The second-order valence-corrected chi connectivity index (χ2v) is 6.96. The second-order valence-electron chi connectivity index (χ2n) is 6.21. The fraction of sp³-hybridized carbons (Fsp3) is 0.438. The van der Waals surface area contributed by atoms with Crippen molar-refractivity contribution in [2.45, 2.75) is 39.7 Å². The SMILES string of the molecule is Cc1ccc(C(C)(C)C)cc1-c1c(Br)nc(CN)n1C. The molecule has 0 saturated heterocycles. The number of nitrogens with zero attached hydrogens (tertiary/aromatic N) is 2. The van der Waals surface area contributed by atoms with Crippen LogP contribution in [0, 0.1) is 6.92 Å². The minimum absolute atomic E-state index is 0.129. The number of aromatic nitrogens is 2. The van der Waals surface area contributed by atoms with Gasteiger partial charge in [0.2, 0.25) is 0 Å². The molecule has 0 saturated carbocycles. The van der Waals surface area contributed by atoms with Gasteiger partial charge in [-0.1, -0.05) is 32.9 Å². The standard InChI is InChI=1S/C16H22BrN3/c1-10-6-7-11(16(2,3)4)8-12(10)14-15(17)19-13(9-18)20(14)5/h6-8H,9,18H2,1-5H3. The van der Waals surface area contributed by atoms with Crippen molar-refractivity contribution < 1.29 is 0 Å². The highest BCUT2D eigenvalue weighted by molar-refractivity contribution is 9.10. The minimum Gasteiger partial charge on any atom is -0.329 e. The van der Waals surface area contributed by atoms with Crippen LogP contribution < -0.4 is 5.73 Å². The molecule has 4 heteroatoms. The Bertz CT molecular complexity index is 636. The number of hydrogen-bond acceptors (Lipinski definition) is 2. The zero-order valence-corrected chi connectivity index (χ0v) is 14.4. The summed E-state index contributed by atoms with van der Waals surface area (Å²) in [6, 6.07) is 6.64. The highest BCUT2D eigenvalue weighted by atomic mass is 79.9. The molecule has 2 rings (SSSR count). The summed E-state index contributed by atoms with van der Waals surface area (Å²) >= 11 is 3.57. The molecule has 0 unspecified atom stereocenters. The molecule has 0 fully saturated rings. The van der Waals surface area contributed by atoms with Crippen molar-refractivity contribution in [1.29, 1.82) is 0 Å². The van der Waals surface area contributed by atoms with E-state index in [0.717, 1.165) is 16.1 Å². The maximum absolute atomic E-state index is 5.74. The average molecular weight is 336 g/mol. The number of aryl methyl sites for hydroxylation is 1. The van der Waals surface area contributed by atoms with Crippen molar-refractivity contribution in [2.75, 3.05) is 0 Å². The maximum atomic E-state index is 5.74. The van der Waals surface area contributed by atoms with E-state index in [1.165, 1.54) is 16.7 Å². The molecule has 0 radical (unpaired) electrons. The third-order valence-corrected chi connectivity index (χ3v) is 4.24. The summed E-state index contributed by atoms with van der Waals surface area (Å²) in [6.45, 7) is 9.25. The molecule has 0 bridgehead atoms. The van der Waals surface area contributed by atoms with Crippen molar-refractivity contribution >= 4 is 15.9 Å². The Morgan fingerprint density at radius 2 is 1.95 bits per heavy atom. The molecule has 3 nitrogen and oxygen atoms in total. The summed E-state index contributed by atoms with van der Waals surface area (Å²) in [4.78, 5) is 4.49. The van der Waals surface area contributed by atoms with E-state index in [9.17, 15) is 0 Å². The van der Waals surface area contributed by atoms with Gasteiger partial charge in [0.1, 0.15) is 10.4 Å². The zero-order valence-electron chi connectivity index (χ0n) is 12.8. The van der Waals surface area contributed by atoms with E-state index in [1.54, 1.807) is 0 Å². The summed E-state index contributed by atoms with van der Waals surface area (Å²) in [5, 5.41) is 0. The van der Waals surface area contributed by atoms with Gasteiger partial charge in [-0.2, -0.15) is 0 Å². The van der Waals surface area contributed by atoms with Crippen LogP contribution in [0.1, 0.15) is 37.7 Å². The van der Waals surface area contributed by atoms with Crippen LogP contribution in [-0.2, 0) is 19.0 Å². The molecular weight excluding hydrogens is 314 g/mol. The van der Waals surface area contributed by atoms with Gasteiger partial charge in [-0.15, -0.1) is 0 Å². The van der Waals surface area contributed by atoms with Gasteiger partial charge in [0.05, 0.1) is 12.2 Å². The predicted molar refractivity (Wildman–Crippen MR) is 87.7 cm³/mol. The van der Waals surface area contributed by atoms with Crippen LogP contribution in [0.5, 0.6) is 0 Å². The lowest BCUT2D eigenvalue weighted by atomic mass is 9.85. The smallest absolute Gasteiger partial charge is 0.132 e. The van der Waals surface area contributed by atoms with Crippen LogP contribution in [0.25, 0.3) is 11.3 Å². The van der Waals surface area contributed by atoms with Gasteiger partial charge in [-0.25, -0.2) is 4.98 Å². The zero-order chi connectivity index (χ0) is 15.1. The maximum Gasteiger partial charge on any atom is 0.132 e. The van der Waals surface area contributed by atoms with Gasteiger partial charge in [-0.05, 0) is 45.5 Å². The third kappa shape index (κ3) is 2.67. The molecule has 0 spiro atoms. The normalized spacial score (nSPS) is 11.9. The molecule has 0 atom stereocenters. The van der Waals surface area contributed by atoms with Crippen LogP contribution in [-0.4, -0.2) is 9.55 Å². The number of nitrogens with two attached hydrogens (primary N) is 1. The van der Waals surface area contributed by atoms with E-state index in [-0.39, 0.29) is 5.41 Å². The molecule has 2 N–H and O–H groups in total. The minimum atomic E-state index is 0.129. The first-order chi connectivity index (χ1) is 9.25. The molecular formula is C16H22BrN3. The van der Waals surface area contributed by atoms with Crippen molar-refractivity contribution in [3.05, 3.63) is 39.8 Å². The largest absolute Gasteiger partial charge is 0.329 e. The fourth-order valence-electron chi connectivity index (χ4n) is 2.33. The van der Waals surface area contributed by atoms with E-state index in [0.29, 0.717) is 6.54 Å². The number of halogens is 1. The monoisotopic (exact) mass is 335 g/mol. The number of benzene rings is 1. The Hall–Kier alpha value is -1.13. The van der Waals surface area contributed by atoms with E-state index in [1.807, 2.05) is 7.05 Å². The van der Waals surface area contributed by atoms with Crippen molar-refractivity contribution in [3.63, 3.8) is 0 Å². The predicted octanol–water partition coefficient (Wildman–Crippen LogP) is 3.91. The van der Waals surface area contributed by atoms with Gasteiger partial charge in [0.25, 0.3) is 0 Å². The summed E-state index contributed by atoms with van der Waals surface area (Å²) in [7, 11) is 2.01. The first kappa shape index (κ1) is 15.3. The first-order valence-corrected chi connectivity index (χ1v) is 7.57. The first-order valence-electron chi connectivity index (χ1n) is 6.78. The molecule has 1 aromatic carbocycles. The van der Waals surface area contributed by atoms with Crippen molar-refractivity contribution in [1.82, 2.24) is 9.55 Å². The molecule has 0 aliphatic heterocycles. The van der Waals surface area contributed by atoms with E-state index < -0.39 is 0 Å². The van der Waals surface area contributed by atoms with E-state index >= 15 is 0 Å². The number of hydrogen-bond donors (Lipinski definition) is 1. The lowest BCUT2D eigenvalue weighted by Gasteiger charge is -2.21. The lowest BCUT2D eigenvalue weighted by Crippen LogP contribution is -2.11. The number of rotatable bonds is 2. The molecule has 1 heterocycles. The fourth-order valence-corrected chi connectivity index (χ4v) is 3.01. The topological polar surface area (TPSA) is 43.8 Å². The van der Waals surface area contributed by atoms with Crippen LogP contribution in [0.2, 0.25) is 0 Å². The summed E-state index contributed by atoms with van der Waals surface area (Å²) < 4.78 is 2.92. The Kier molecular flexibility index (Phi) is 4.07. The van der Waals surface area contributed by atoms with Crippen LogP contribution in [0.4, 0.5) is 0 Å². The van der Waals surface area contributed by atoms with Gasteiger partial charge >= 0.3 is 0 Å². The van der Waals surface area contributed by atoms with Crippen molar-refractivity contribution in [3.8, 4) is 11.3 Å². The lowest BCUT2D eigenvalue weighted by molar-refractivity contribution is 0.590. The van der Waals surface area contributed by atoms with Crippen LogP contribution in [0.15, 0.2) is 22.8 Å². The summed E-state index contributed by atoms with van der Waals surface area (Å²) in [5.41, 5.74) is 10.7. The molecule has 0 aliphatic carbocycles. The molecule has 0 aliphatic rings. The highest BCUT2D eigenvalue weighted by Crippen LogP contribution is 2.34. The molecule has 1 aromatic heterocycles. The Balaban J connectivity index is 2.67. The van der Waals surface area contributed by atoms with Crippen molar-refractivity contribution in [2.24, 2.45) is 12.8 Å². The van der Waals surface area contributed by atoms with Gasteiger partial charge in [0.15, 0.2) is 0 Å². The third-order valence-electron chi connectivity index (χ3n) is 3.69. The summed E-state index contributed by atoms with van der Waals surface area (Å²) in [6.07, 6.45) is 0. The average Bonchev–Trinajstić information content (AvgIpc) is 2.64.